The lowest BCUT2D eigenvalue weighted by Gasteiger charge is -2.19. The fraction of sp³-hybridized carbons (Fsp3) is 0.200. The van der Waals surface area contributed by atoms with Crippen LogP contribution in [0.5, 0.6) is 0 Å². The van der Waals surface area contributed by atoms with Crippen molar-refractivity contribution in [1.29, 1.82) is 0 Å². The quantitative estimate of drug-likeness (QED) is 0.600. The van der Waals surface area contributed by atoms with Gasteiger partial charge in [0.2, 0.25) is 0 Å². The zero-order valence-corrected chi connectivity index (χ0v) is 12.7. The number of hydrogen-bond acceptors (Lipinski definition) is 2. The fourth-order valence-electron chi connectivity index (χ4n) is 2.11. The van der Waals surface area contributed by atoms with Crippen LogP contribution in [0, 0.1) is 0 Å². The molecule has 1 unspecified atom stereocenters. The molecule has 9 heteroatoms. The molecule has 2 N–H and O–H groups in total. The van der Waals surface area contributed by atoms with Gasteiger partial charge in [0.1, 0.15) is 6.10 Å². The van der Waals surface area contributed by atoms with Crippen LogP contribution in [0.25, 0.3) is 0 Å². The van der Waals surface area contributed by atoms with Crippen LogP contribution in [0.3, 0.4) is 0 Å². The standard InChI is InChI=1S/C15H11F6NO.ClH/c16-14(17,18)11-6-10(7-12(8-11)15(19,20)21)13(23-22)9-4-2-1-3-5-9;/h1-8,13H,22H2;1H. The maximum atomic E-state index is 12.9. The van der Waals surface area contributed by atoms with E-state index < -0.39 is 29.6 Å². The van der Waals surface area contributed by atoms with E-state index in [0.717, 1.165) is 0 Å². The van der Waals surface area contributed by atoms with E-state index in [4.69, 9.17) is 5.90 Å². The van der Waals surface area contributed by atoms with Gasteiger partial charge in [-0.15, -0.1) is 12.4 Å². The van der Waals surface area contributed by atoms with Gasteiger partial charge in [-0.3, -0.25) is 4.84 Å². The van der Waals surface area contributed by atoms with Crippen molar-refractivity contribution >= 4 is 12.4 Å². The second kappa shape index (κ2) is 7.42. The second-order valence-corrected chi connectivity index (χ2v) is 4.77. The van der Waals surface area contributed by atoms with E-state index in [0.29, 0.717) is 17.7 Å². The molecule has 2 nitrogen and oxygen atoms in total. The molecule has 0 saturated heterocycles. The van der Waals surface area contributed by atoms with E-state index in [1.165, 1.54) is 12.1 Å². The third-order valence-electron chi connectivity index (χ3n) is 3.15. The highest BCUT2D eigenvalue weighted by Crippen LogP contribution is 2.38. The molecule has 2 aromatic carbocycles. The Kier molecular flexibility index (Phi) is 6.26. The van der Waals surface area contributed by atoms with E-state index in [2.05, 4.69) is 4.84 Å². The number of hydrogen-bond donors (Lipinski definition) is 1. The van der Waals surface area contributed by atoms with Crippen LogP contribution >= 0.6 is 12.4 Å². The summed E-state index contributed by atoms with van der Waals surface area (Å²) >= 11 is 0. The van der Waals surface area contributed by atoms with Crippen LogP contribution in [0.15, 0.2) is 48.5 Å². The first kappa shape index (κ1) is 20.3. The molecular formula is C15H12ClF6NO. The Balaban J connectivity index is 0.00000288. The molecule has 0 radical (unpaired) electrons. The predicted molar refractivity (Wildman–Crippen MR) is 77.3 cm³/mol. The highest BCUT2D eigenvalue weighted by Gasteiger charge is 2.37. The van der Waals surface area contributed by atoms with Crippen LogP contribution in [0.4, 0.5) is 26.3 Å². The summed E-state index contributed by atoms with van der Waals surface area (Å²) in [5, 5.41) is 0. The van der Waals surface area contributed by atoms with E-state index in [9.17, 15) is 26.3 Å². The Hall–Kier alpha value is -1.77. The number of rotatable bonds is 3. The summed E-state index contributed by atoms with van der Waals surface area (Å²) in [4.78, 5) is 4.62. The first-order chi connectivity index (χ1) is 10.6. The first-order valence-corrected chi connectivity index (χ1v) is 6.33. The van der Waals surface area contributed by atoms with Crippen molar-refractivity contribution in [2.75, 3.05) is 0 Å². The van der Waals surface area contributed by atoms with Crippen molar-refractivity contribution in [3.63, 3.8) is 0 Å². The summed E-state index contributed by atoms with van der Waals surface area (Å²) in [6, 6.07) is 9.02. The number of nitrogens with two attached hydrogens (primary N) is 1. The third kappa shape index (κ3) is 4.62. The van der Waals surface area contributed by atoms with Gasteiger partial charge in [0, 0.05) is 0 Å². The normalized spacial score (nSPS) is 13.3. The summed E-state index contributed by atoms with van der Waals surface area (Å²) in [7, 11) is 0. The van der Waals surface area contributed by atoms with E-state index >= 15 is 0 Å². The van der Waals surface area contributed by atoms with Crippen LogP contribution in [0.2, 0.25) is 0 Å². The second-order valence-electron chi connectivity index (χ2n) is 4.77. The van der Waals surface area contributed by atoms with Crippen molar-refractivity contribution in [3.8, 4) is 0 Å². The molecule has 132 valence electrons. The highest BCUT2D eigenvalue weighted by molar-refractivity contribution is 5.85. The molecule has 0 heterocycles. The SMILES string of the molecule is Cl.NOC(c1ccccc1)c1cc(C(F)(F)F)cc(C(F)(F)F)c1. The fourth-order valence-corrected chi connectivity index (χ4v) is 2.11. The van der Waals surface area contributed by atoms with Crippen molar-refractivity contribution in [1.82, 2.24) is 0 Å². The van der Waals surface area contributed by atoms with Gasteiger partial charge in [-0.25, -0.2) is 5.90 Å². The predicted octanol–water partition coefficient (Wildman–Crippen LogP) is 5.13. The van der Waals surface area contributed by atoms with Crippen LogP contribution < -0.4 is 5.90 Å². The van der Waals surface area contributed by atoms with Gasteiger partial charge in [0.05, 0.1) is 11.1 Å². The maximum Gasteiger partial charge on any atom is 0.416 e. The van der Waals surface area contributed by atoms with Gasteiger partial charge in [-0.2, -0.15) is 26.3 Å². The Morgan fingerprint density at radius 1 is 0.750 bits per heavy atom. The monoisotopic (exact) mass is 371 g/mol. The van der Waals surface area contributed by atoms with Crippen molar-refractivity contribution in [2.24, 2.45) is 5.90 Å². The van der Waals surface area contributed by atoms with Gasteiger partial charge in [-0.05, 0) is 29.3 Å². The summed E-state index contributed by atoms with van der Waals surface area (Å²) < 4.78 is 77.2. The van der Waals surface area contributed by atoms with Gasteiger partial charge >= 0.3 is 12.4 Å². The van der Waals surface area contributed by atoms with Crippen LogP contribution in [0.1, 0.15) is 28.4 Å². The molecule has 0 fully saturated rings. The molecule has 0 spiro atoms. The smallest absolute Gasteiger partial charge is 0.292 e. The van der Waals surface area contributed by atoms with Crippen molar-refractivity contribution in [3.05, 3.63) is 70.8 Å². The largest absolute Gasteiger partial charge is 0.416 e. The van der Waals surface area contributed by atoms with Crippen LogP contribution in [-0.2, 0) is 17.2 Å². The Labute approximate surface area is 139 Å². The Bertz CT molecular complexity index is 640. The molecule has 0 saturated carbocycles. The molecule has 2 rings (SSSR count). The van der Waals surface area contributed by atoms with E-state index in [1.54, 1.807) is 18.2 Å². The lowest BCUT2D eigenvalue weighted by molar-refractivity contribution is -0.143. The zero-order chi connectivity index (χ0) is 17.3. The molecule has 1 atom stereocenters. The topological polar surface area (TPSA) is 35.2 Å². The molecule has 0 aliphatic rings. The molecule has 2 aromatic rings. The molecule has 0 aliphatic heterocycles. The summed E-state index contributed by atoms with van der Waals surface area (Å²) in [6.07, 6.45) is -11.1. The molecule has 0 bridgehead atoms. The average Bonchev–Trinajstić information content (AvgIpc) is 2.47. The zero-order valence-electron chi connectivity index (χ0n) is 11.9. The maximum absolute atomic E-state index is 12.9. The minimum atomic E-state index is -4.92. The number of alkyl halides is 6. The average molecular weight is 372 g/mol. The lowest BCUT2D eigenvalue weighted by atomic mass is 9.96. The third-order valence-corrected chi connectivity index (χ3v) is 3.15. The summed E-state index contributed by atoms with van der Waals surface area (Å²) in [5.41, 5.74) is -2.83. The number of halogens is 7. The molecule has 0 aliphatic carbocycles. The van der Waals surface area contributed by atoms with Crippen molar-refractivity contribution in [2.45, 2.75) is 18.5 Å². The molecule has 0 amide bonds. The number of benzene rings is 2. The Morgan fingerprint density at radius 2 is 1.21 bits per heavy atom. The molecule has 0 aromatic heterocycles. The Morgan fingerprint density at radius 3 is 1.58 bits per heavy atom. The first-order valence-electron chi connectivity index (χ1n) is 6.33. The molecule has 24 heavy (non-hydrogen) atoms. The van der Waals surface area contributed by atoms with Crippen LogP contribution in [-0.4, -0.2) is 0 Å². The summed E-state index contributed by atoms with van der Waals surface area (Å²) in [6.45, 7) is 0. The van der Waals surface area contributed by atoms with Gasteiger partial charge in [0.15, 0.2) is 0 Å². The van der Waals surface area contributed by atoms with Crippen molar-refractivity contribution < 1.29 is 31.2 Å². The van der Waals surface area contributed by atoms with Gasteiger partial charge in [-0.1, -0.05) is 30.3 Å². The highest BCUT2D eigenvalue weighted by atomic mass is 35.5. The summed E-state index contributed by atoms with van der Waals surface area (Å²) in [5.74, 6) is 5.09. The lowest BCUT2D eigenvalue weighted by Crippen LogP contribution is -2.16. The van der Waals surface area contributed by atoms with Gasteiger partial charge in [0.25, 0.3) is 0 Å². The van der Waals surface area contributed by atoms with E-state index in [-0.39, 0.29) is 24.0 Å². The minimum absolute atomic E-state index is 0. The van der Waals surface area contributed by atoms with Gasteiger partial charge < -0.3 is 0 Å². The van der Waals surface area contributed by atoms with E-state index in [1.807, 2.05) is 0 Å². The minimum Gasteiger partial charge on any atom is -0.292 e. The molecular weight excluding hydrogens is 360 g/mol.